The van der Waals surface area contributed by atoms with E-state index in [-0.39, 0.29) is 0 Å². The predicted molar refractivity (Wildman–Crippen MR) is 93.0 cm³/mol. The van der Waals surface area contributed by atoms with Gasteiger partial charge in [0, 0.05) is 16.4 Å². The molecule has 0 spiro atoms. The van der Waals surface area contributed by atoms with Gasteiger partial charge in [0.25, 0.3) is 0 Å². The standard InChI is InChI=1S/C18H16BrN3/c19-14-8-9-15-16(11-14)20-12-21-18(15)22-10-4-7-17(22)13-5-2-1-3-6-13/h1-3,5-6,8-9,11-12,17H,4,7,10H2/t17-/m1/s1. The van der Waals surface area contributed by atoms with Gasteiger partial charge in [0.2, 0.25) is 0 Å². The van der Waals surface area contributed by atoms with E-state index in [1.54, 1.807) is 6.33 Å². The third kappa shape index (κ3) is 2.37. The third-order valence-corrected chi connectivity index (χ3v) is 4.78. The van der Waals surface area contributed by atoms with Gasteiger partial charge in [0.05, 0.1) is 11.6 Å². The second-order valence-corrected chi connectivity index (χ2v) is 6.54. The molecule has 1 atom stereocenters. The van der Waals surface area contributed by atoms with Crippen LogP contribution in [0.3, 0.4) is 0 Å². The molecule has 0 saturated carbocycles. The number of hydrogen-bond donors (Lipinski definition) is 0. The number of anilines is 1. The van der Waals surface area contributed by atoms with E-state index in [0.717, 1.165) is 27.7 Å². The normalized spacial score (nSPS) is 18.0. The Morgan fingerprint density at radius 3 is 2.77 bits per heavy atom. The van der Waals surface area contributed by atoms with E-state index >= 15 is 0 Å². The molecule has 1 aliphatic heterocycles. The van der Waals surface area contributed by atoms with Crippen molar-refractivity contribution in [3.63, 3.8) is 0 Å². The van der Waals surface area contributed by atoms with Crippen LogP contribution in [0, 0.1) is 0 Å². The van der Waals surface area contributed by atoms with Crippen LogP contribution in [0.1, 0.15) is 24.4 Å². The second kappa shape index (κ2) is 5.69. The summed E-state index contributed by atoms with van der Waals surface area (Å²) in [7, 11) is 0. The summed E-state index contributed by atoms with van der Waals surface area (Å²) in [6, 6.07) is 17.3. The van der Waals surface area contributed by atoms with Crippen molar-refractivity contribution in [3.05, 3.63) is 64.9 Å². The fraction of sp³-hybridized carbons (Fsp3) is 0.222. The van der Waals surface area contributed by atoms with Gasteiger partial charge in [0.15, 0.2) is 0 Å². The van der Waals surface area contributed by atoms with Gasteiger partial charge in [-0.2, -0.15) is 0 Å². The van der Waals surface area contributed by atoms with Gasteiger partial charge >= 0.3 is 0 Å². The van der Waals surface area contributed by atoms with Crippen LogP contribution in [-0.4, -0.2) is 16.5 Å². The predicted octanol–water partition coefficient (Wildman–Crippen LogP) is 4.73. The molecule has 0 aliphatic carbocycles. The molecule has 3 aromatic rings. The highest BCUT2D eigenvalue weighted by Crippen LogP contribution is 2.37. The summed E-state index contributed by atoms with van der Waals surface area (Å²) in [5.41, 5.74) is 2.35. The number of benzene rings is 2. The first-order valence-corrected chi connectivity index (χ1v) is 8.34. The van der Waals surface area contributed by atoms with E-state index in [9.17, 15) is 0 Å². The minimum atomic E-state index is 0.406. The van der Waals surface area contributed by atoms with Crippen molar-refractivity contribution in [2.75, 3.05) is 11.4 Å². The number of nitrogens with zero attached hydrogens (tertiary/aromatic N) is 3. The second-order valence-electron chi connectivity index (χ2n) is 5.62. The van der Waals surface area contributed by atoms with Gasteiger partial charge in [-0.1, -0.05) is 46.3 Å². The Hall–Kier alpha value is -1.94. The number of aromatic nitrogens is 2. The Balaban J connectivity index is 1.81. The van der Waals surface area contributed by atoms with Crippen molar-refractivity contribution in [3.8, 4) is 0 Å². The topological polar surface area (TPSA) is 29.0 Å². The Morgan fingerprint density at radius 1 is 1.05 bits per heavy atom. The zero-order chi connectivity index (χ0) is 14.9. The van der Waals surface area contributed by atoms with Crippen molar-refractivity contribution in [1.29, 1.82) is 0 Å². The number of rotatable bonds is 2. The Labute approximate surface area is 138 Å². The summed E-state index contributed by atoms with van der Waals surface area (Å²) in [6.07, 6.45) is 4.04. The van der Waals surface area contributed by atoms with Crippen molar-refractivity contribution < 1.29 is 0 Å². The lowest BCUT2D eigenvalue weighted by Gasteiger charge is -2.27. The van der Waals surface area contributed by atoms with E-state index in [0.29, 0.717) is 6.04 Å². The van der Waals surface area contributed by atoms with E-state index < -0.39 is 0 Å². The Morgan fingerprint density at radius 2 is 1.91 bits per heavy atom. The van der Waals surface area contributed by atoms with Gasteiger partial charge in [-0.05, 0) is 36.6 Å². The molecule has 0 bridgehead atoms. The molecular weight excluding hydrogens is 338 g/mol. The molecule has 3 nitrogen and oxygen atoms in total. The molecule has 0 amide bonds. The summed E-state index contributed by atoms with van der Waals surface area (Å²) in [6.45, 7) is 1.04. The van der Waals surface area contributed by atoms with Gasteiger partial charge in [-0.3, -0.25) is 0 Å². The van der Waals surface area contributed by atoms with Crippen LogP contribution in [0.15, 0.2) is 59.3 Å². The van der Waals surface area contributed by atoms with Crippen LogP contribution in [0.25, 0.3) is 10.9 Å². The van der Waals surface area contributed by atoms with E-state index in [1.165, 1.54) is 18.4 Å². The Bertz CT molecular complexity index is 804. The highest BCUT2D eigenvalue weighted by Gasteiger charge is 2.28. The van der Waals surface area contributed by atoms with Crippen LogP contribution in [-0.2, 0) is 0 Å². The molecule has 1 fully saturated rings. The maximum atomic E-state index is 4.59. The molecule has 2 heterocycles. The number of hydrogen-bond acceptors (Lipinski definition) is 3. The van der Waals surface area contributed by atoms with Crippen LogP contribution < -0.4 is 4.90 Å². The molecule has 0 unspecified atom stereocenters. The van der Waals surface area contributed by atoms with E-state index in [1.807, 2.05) is 6.07 Å². The smallest absolute Gasteiger partial charge is 0.140 e. The monoisotopic (exact) mass is 353 g/mol. The lowest BCUT2D eigenvalue weighted by atomic mass is 10.0. The largest absolute Gasteiger partial charge is 0.349 e. The molecule has 110 valence electrons. The molecule has 1 aliphatic rings. The molecule has 0 radical (unpaired) electrons. The molecule has 4 heteroatoms. The maximum Gasteiger partial charge on any atom is 0.140 e. The molecule has 2 aromatic carbocycles. The van der Waals surface area contributed by atoms with Crippen LogP contribution in [0.5, 0.6) is 0 Å². The minimum Gasteiger partial charge on any atom is -0.349 e. The summed E-state index contributed by atoms with van der Waals surface area (Å²) in [4.78, 5) is 11.4. The van der Waals surface area contributed by atoms with Crippen molar-refractivity contribution in [2.45, 2.75) is 18.9 Å². The fourth-order valence-electron chi connectivity index (χ4n) is 3.29. The number of fused-ring (bicyclic) bond motifs is 1. The number of halogens is 1. The van der Waals surface area contributed by atoms with Gasteiger partial charge in [0.1, 0.15) is 12.1 Å². The lowest BCUT2D eigenvalue weighted by molar-refractivity contribution is 0.713. The molecule has 0 N–H and O–H groups in total. The lowest BCUT2D eigenvalue weighted by Crippen LogP contribution is -2.23. The van der Waals surface area contributed by atoms with Crippen molar-refractivity contribution in [2.24, 2.45) is 0 Å². The molecule has 4 rings (SSSR count). The SMILES string of the molecule is Brc1ccc2c(N3CCC[C@@H]3c3ccccc3)ncnc2c1. The van der Waals surface area contributed by atoms with Crippen molar-refractivity contribution >= 4 is 32.7 Å². The minimum absolute atomic E-state index is 0.406. The molecule has 1 aromatic heterocycles. The van der Waals surface area contributed by atoms with E-state index in [4.69, 9.17) is 0 Å². The van der Waals surface area contributed by atoms with Crippen LogP contribution >= 0.6 is 15.9 Å². The summed E-state index contributed by atoms with van der Waals surface area (Å²) < 4.78 is 1.05. The fourth-order valence-corrected chi connectivity index (χ4v) is 3.64. The third-order valence-electron chi connectivity index (χ3n) is 4.29. The first kappa shape index (κ1) is 13.7. The van der Waals surface area contributed by atoms with Gasteiger partial charge < -0.3 is 4.90 Å². The van der Waals surface area contributed by atoms with Crippen molar-refractivity contribution in [1.82, 2.24) is 9.97 Å². The quantitative estimate of drug-likeness (QED) is 0.666. The summed E-state index contributed by atoms with van der Waals surface area (Å²) in [5, 5.41) is 1.12. The van der Waals surface area contributed by atoms with Gasteiger partial charge in [-0.25, -0.2) is 9.97 Å². The zero-order valence-corrected chi connectivity index (χ0v) is 13.7. The van der Waals surface area contributed by atoms with Gasteiger partial charge in [-0.15, -0.1) is 0 Å². The molecule has 1 saturated heterocycles. The highest BCUT2D eigenvalue weighted by atomic mass is 79.9. The highest BCUT2D eigenvalue weighted by molar-refractivity contribution is 9.10. The molecule has 22 heavy (non-hydrogen) atoms. The molecular formula is C18H16BrN3. The summed E-state index contributed by atoms with van der Waals surface area (Å²) >= 11 is 3.52. The van der Waals surface area contributed by atoms with Crippen LogP contribution in [0.2, 0.25) is 0 Å². The maximum absolute atomic E-state index is 4.59. The first-order valence-electron chi connectivity index (χ1n) is 7.55. The van der Waals surface area contributed by atoms with Crippen LogP contribution in [0.4, 0.5) is 5.82 Å². The average molecular weight is 354 g/mol. The Kier molecular flexibility index (Phi) is 3.54. The summed E-state index contributed by atoms with van der Waals surface area (Å²) in [5.74, 6) is 1.05. The zero-order valence-electron chi connectivity index (χ0n) is 12.1. The van der Waals surface area contributed by atoms with E-state index in [2.05, 4.69) is 73.3 Å². The first-order chi connectivity index (χ1) is 10.8. The average Bonchev–Trinajstić information content (AvgIpc) is 3.04.